The Kier molecular flexibility index (Phi) is 9.56. The summed E-state index contributed by atoms with van der Waals surface area (Å²) < 4.78 is 11.8. The second kappa shape index (κ2) is 13.4. The molecule has 0 radical (unpaired) electrons. The third kappa shape index (κ3) is 6.59. The maximum absolute atomic E-state index is 14.7. The van der Waals surface area contributed by atoms with Crippen molar-refractivity contribution >= 4 is 41.1 Å². The molecule has 1 saturated heterocycles. The first-order chi connectivity index (χ1) is 21.1. The van der Waals surface area contributed by atoms with Gasteiger partial charge in [0, 0.05) is 56.4 Å². The molecule has 0 spiro atoms. The maximum atomic E-state index is 14.7. The van der Waals surface area contributed by atoms with Crippen LogP contribution in [0.15, 0.2) is 71.7 Å². The van der Waals surface area contributed by atoms with Crippen LogP contribution in [0.4, 0.5) is 9.59 Å². The van der Waals surface area contributed by atoms with Gasteiger partial charge in [-0.15, -0.1) is 0 Å². The number of methoxy groups -OCH3 is 1. The molecule has 2 heterocycles. The molecule has 3 aromatic carbocycles. The van der Waals surface area contributed by atoms with Crippen LogP contribution in [-0.4, -0.2) is 91.0 Å². The van der Waals surface area contributed by atoms with Crippen molar-refractivity contribution in [2.75, 3.05) is 47.4 Å². The molecule has 0 saturated carbocycles. The Hall–Kier alpha value is -3.95. The number of urea groups is 2. The van der Waals surface area contributed by atoms with Crippen LogP contribution < -0.4 is 9.47 Å². The van der Waals surface area contributed by atoms with Crippen LogP contribution in [0.1, 0.15) is 42.6 Å². The van der Waals surface area contributed by atoms with E-state index in [9.17, 15) is 9.59 Å². The molecule has 0 bridgehead atoms. The van der Waals surface area contributed by atoms with Crippen molar-refractivity contribution in [3.8, 4) is 11.5 Å². The van der Waals surface area contributed by atoms with E-state index in [2.05, 4.69) is 0 Å². The van der Waals surface area contributed by atoms with Crippen molar-refractivity contribution < 1.29 is 19.1 Å². The Morgan fingerprint density at radius 1 is 0.864 bits per heavy atom. The standard InChI is InChI=1S/C33H37Cl2N5O4/c1-21(2)44-28-20-26(43-5)14-15-27(28)31-36-29(22-6-10-24(34)11-7-22)30(23-8-12-25(35)13-9-23)40(31)33(42)39-18-16-38(17-19-39)32(41)37(3)4/h6-15,20-21,29-30H,16-19H2,1-5H3/t29-,30+/m1/s1. The van der Waals surface area contributed by atoms with Gasteiger partial charge in [-0.05, 0) is 61.4 Å². The molecule has 0 aliphatic carbocycles. The zero-order chi connectivity index (χ0) is 31.5. The van der Waals surface area contributed by atoms with Gasteiger partial charge in [-0.25, -0.2) is 9.59 Å². The van der Waals surface area contributed by atoms with Gasteiger partial charge in [0.05, 0.1) is 24.8 Å². The molecular formula is C33H37Cl2N5O4. The second-order valence-electron chi connectivity index (χ2n) is 11.3. The quantitative estimate of drug-likeness (QED) is 0.299. The van der Waals surface area contributed by atoms with E-state index >= 15 is 0 Å². The lowest BCUT2D eigenvalue weighted by Crippen LogP contribution is -2.56. The van der Waals surface area contributed by atoms with Gasteiger partial charge < -0.3 is 24.2 Å². The molecule has 1 fully saturated rings. The van der Waals surface area contributed by atoms with Crippen LogP contribution in [0.25, 0.3) is 0 Å². The number of carbonyl (C=O) groups excluding carboxylic acids is 2. The van der Waals surface area contributed by atoms with E-state index in [1.165, 1.54) is 0 Å². The number of rotatable bonds is 6. The van der Waals surface area contributed by atoms with Gasteiger partial charge in [0.25, 0.3) is 0 Å². The van der Waals surface area contributed by atoms with Crippen molar-refractivity contribution in [3.05, 3.63) is 93.5 Å². The fourth-order valence-corrected chi connectivity index (χ4v) is 5.80. The highest BCUT2D eigenvalue weighted by Crippen LogP contribution is 2.46. The average Bonchev–Trinajstić information content (AvgIpc) is 3.41. The summed E-state index contributed by atoms with van der Waals surface area (Å²) in [5.41, 5.74) is 2.45. The number of benzene rings is 3. The number of amides is 4. The Morgan fingerprint density at radius 2 is 1.43 bits per heavy atom. The zero-order valence-electron chi connectivity index (χ0n) is 25.5. The van der Waals surface area contributed by atoms with Gasteiger partial charge in [0.2, 0.25) is 0 Å². The van der Waals surface area contributed by atoms with E-state index in [-0.39, 0.29) is 18.2 Å². The van der Waals surface area contributed by atoms with E-state index in [4.69, 9.17) is 37.7 Å². The first-order valence-electron chi connectivity index (χ1n) is 14.6. The average molecular weight is 639 g/mol. The number of halogens is 2. The highest BCUT2D eigenvalue weighted by atomic mass is 35.5. The fraction of sp³-hybridized carbons (Fsp3) is 0.364. The minimum absolute atomic E-state index is 0.0731. The Bertz CT molecular complexity index is 1520. The number of ether oxygens (including phenoxy) is 2. The molecule has 2 aliphatic heterocycles. The lowest BCUT2D eigenvalue weighted by atomic mass is 9.93. The highest BCUT2D eigenvalue weighted by Gasteiger charge is 2.45. The molecule has 2 aliphatic rings. The first kappa shape index (κ1) is 31.5. The van der Waals surface area contributed by atoms with Crippen LogP contribution in [0.3, 0.4) is 0 Å². The Labute approximate surface area is 268 Å². The smallest absolute Gasteiger partial charge is 0.326 e. The van der Waals surface area contributed by atoms with Crippen molar-refractivity contribution in [2.45, 2.75) is 32.0 Å². The van der Waals surface area contributed by atoms with Crippen LogP contribution in [0, 0.1) is 0 Å². The number of amidine groups is 1. The number of carbonyl (C=O) groups is 2. The number of hydrogen-bond acceptors (Lipinski definition) is 5. The van der Waals surface area contributed by atoms with Crippen LogP contribution in [0.2, 0.25) is 10.0 Å². The molecule has 0 aromatic heterocycles. The van der Waals surface area contributed by atoms with Gasteiger partial charge >= 0.3 is 12.1 Å². The molecule has 2 atom stereocenters. The van der Waals surface area contributed by atoms with Crippen LogP contribution in [0.5, 0.6) is 11.5 Å². The molecule has 0 N–H and O–H groups in total. The number of aliphatic imine (C=N–C) groups is 1. The van der Waals surface area contributed by atoms with E-state index in [0.717, 1.165) is 11.1 Å². The summed E-state index contributed by atoms with van der Waals surface area (Å²) in [5, 5.41) is 1.21. The summed E-state index contributed by atoms with van der Waals surface area (Å²) >= 11 is 12.6. The summed E-state index contributed by atoms with van der Waals surface area (Å²) in [4.78, 5) is 39.4. The largest absolute Gasteiger partial charge is 0.497 e. The predicted molar refractivity (Wildman–Crippen MR) is 173 cm³/mol. The molecule has 232 valence electrons. The second-order valence-corrected chi connectivity index (χ2v) is 12.2. The van der Waals surface area contributed by atoms with Crippen molar-refractivity contribution in [1.82, 2.24) is 19.6 Å². The lowest BCUT2D eigenvalue weighted by Gasteiger charge is -2.39. The number of hydrogen-bond donors (Lipinski definition) is 0. The van der Waals surface area contributed by atoms with Crippen molar-refractivity contribution in [1.29, 1.82) is 0 Å². The third-order valence-corrected chi connectivity index (χ3v) is 8.20. The molecular weight excluding hydrogens is 601 g/mol. The van der Waals surface area contributed by atoms with E-state index in [1.54, 1.807) is 40.8 Å². The van der Waals surface area contributed by atoms with Crippen LogP contribution in [-0.2, 0) is 0 Å². The highest BCUT2D eigenvalue weighted by molar-refractivity contribution is 6.30. The molecule has 4 amide bonds. The van der Waals surface area contributed by atoms with Crippen molar-refractivity contribution in [3.63, 3.8) is 0 Å². The summed E-state index contributed by atoms with van der Waals surface area (Å²) in [6.07, 6.45) is -0.131. The molecule has 0 unspecified atom stereocenters. The minimum atomic E-state index is -0.494. The van der Waals surface area contributed by atoms with Gasteiger partial charge in [-0.3, -0.25) is 9.89 Å². The summed E-state index contributed by atoms with van der Waals surface area (Å²) in [6, 6.07) is 19.4. The molecule has 3 aromatic rings. The summed E-state index contributed by atoms with van der Waals surface area (Å²) in [7, 11) is 5.06. The topological polar surface area (TPSA) is 77.9 Å². The monoisotopic (exact) mass is 637 g/mol. The number of nitrogens with zero attached hydrogens (tertiary/aromatic N) is 5. The first-order valence-corrected chi connectivity index (χ1v) is 15.3. The number of piperazine rings is 1. The minimum Gasteiger partial charge on any atom is -0.497 e. The Morgan fingerprint density at radius 3 is 1.98 bits per heavy atom. The van der Waals surface area contributed by atoms with Crippen LogP contribution >= 0.6 is 23.2 Å². The molecule has 5 rings (SSSR count). The predicted octanol–water partition coefficient (Wildman–Crippen LogP) is 6.75. The molecule has 11 heteroatoms. The van der Waals surface area contributed by atoms with E-state index in [0.29, 0.717) is 59.1 Å². The zero-order valence-corrected chi connectivity index (χ0v) is 27.0. The van der Waals surface area contributed by atoms with Gasteiger partial charge in [0.15, 0.2) is 0 Å². The van der Waals surface area contributed by atoms with Gasteiger partial charge in [-0.2, -0.15) is 0 Å². The Balaban J connectivity index is 1.63. The molecule has 9 nitrogen and oxygen atoms in total. The van der Waals surface area contributed by atoms with E-state index in [1.807, 2.05) is 80.6 Å². The van der Waals surface area contributed by atoms with Gasteiger partial charge in [0.1, 0.15) is 23.4 Å². The summed E-state index contributed by atoms with van der Waals surface area (Å²) in [5.74, 6) is 1.68. The third-order valence-electron chi connectivity index (χ3n) is 7.69. The summed E-state index contributed by atoms with van der Waals surface area (Å²) in [6.45, 7) is 5.53. The van der Waals surface area contributed by atoms with Gasteiger partial charge in [-0.1, -0.05) is 47.5 Å². The van der Waals surface area contributed by atoms with E-state index < -0.39 is 12.1 Å². The molecule has 44 heavy (non-hydrogen) atoms. The lowest BCUT2D eigenvalue weighted by molar-refractivity contribution is 0.115. The van der Waals surface area contributed by atoms with Crippen molar-refractivity contribution in [2.24, 2.45) is 4.99 Å². The SMILES string of the molecule is COc1ccc(C2=N[C@H](c3ccc(Cl)cc3)[C@H](c3ccc(Cl)cc3)N2C(=O)N2CCN(C(=O)N(C)C)CC2)c(OC(C)C)c1. The normalized spacial score (nSPS) is 18.4. The maximum Gasteiger partial charge on any atom is 0.326 e. The fourth-order valence-electron chi connectivity index (χ4n) is 5.54.